The summed E-state index contributed by atoms with van der Waals surface area (Å²) < 4.78 is 5.57. The number of anilines is 1. The molecule has 0 radical (unpaired) electrons. The molecule has 126 valence electrons. The Morgan fingerprint density at radius 1 is 1.17 bits per heavy atom. The van der Waals surface area contributed by atoms with E-state index in [0.717, 1.165) is 23.1 Å². The first-order valence-electron chi connectivity index (χ1n) is 8.26. The van der Waals surface area contributed by atoms with Gasteiger partial charge in [-0.15, -0.1) is 0 Å². The van der Waals surface area contributed by atoms with Crippen LogP contribution in [0.3, 0.4) is 0 Å². The van der Waals surface area contributed by atoms with Crippen molar-refractivity contribution in [1.29, 1.82) is 0 Å². The van der Waals surface area contributed by atoms with Crippen molar-refractivity contribution < 1.29 is 18.8 Å². The number of hydrogen-bond donors (Lipinski definition) is 1. The highest BCUT2D eigenvalue weighted by atomic mass is 16.5. The molecule has 1 aromatic carbocycles. The van der Waals surface area contributed by atoms with E-state index in [9.17, 15) is 9.59 Å². The van der Waals surface area contributed by atoms with Crippen molar-refractivity contribution in [2.75, 3.05) is 39.1 Å². The van der Waals surface area contributed by atoms with Crippen molar-refractivity contribution in [2.45, 2.75) is 32.6 Å². The number of esters is 1. The normalized spacial score (nSPS) is 17.2. The minimum atomic E-state index is -0.431. The summed E-state index contributed by atoms with van der Waals surface area (Å²) in [4.78, 5) is 24.4. The molecule has 0 unspecified atom stereocenters. The maximum atomic E-state index is 12.5. The molecule has 0 aromatic heterocycles. The van der Waals surface area contributed by atoms with Crippen LogP contribution in [0.2, 0.25) is 0 Å². The lowest BCUT2D eigenvalue weighted by Gasteiger charge is -2.32. The van der Waals surface area contributed by atoms with E-state index in [0.29, 0.717) is 17.8 Å². The van der Waals surface area contributed by atoms with Crippen LogP contribution < -0.4 is 5.32 Å². The van der Waals surface area contributed by atoms with E-state index >= 15 is 0 Å². The molecule has 0 aliphatic carbocycles. The van der Waals surface area contributed by atoms with Gasteiger partial charge in [-0.1, -0.05) is 12.1 Å². The number of quaternary nitrogens is 1. The van der Waals surface area contributed by atoms with E-state index in [2.05, 4.69) is 12.4 Å². The van der Waals surface area contributed by atoms with E-state index in [1.54, 1.807) is 12.1 Å². The molecule has 2 rings (SSSR count). The molecule has 0 saturated carbocycles. The second-order valence-corrected chi connectivity index (χ2v) is 6.68. The molecule has 1 aliphatic heterocycles. The third-order valence-electron chi connectivity index (χ3n) is 4.61. The van der Waals surface area contributed by atoms with Gasteiger partial charge in [0.05, 0.1) is 38.5 Å². The van der Waals surface area contributed by atoms with Crippen LogP contribution in [-0.2, 0) is 9.53 Å². The molecule has 1 aromatic rings. The number of benzene rings is 1. The van der Waals surface area contributed by atoms with Crippen LogP contribution in [0.4, 0.5) is 5.69 Å². The van der Waals surface area contributed by atoms with E-state index in [4.69, 9.17) is 4.74 Å². The number of methoxy groups -OCH3 is 1. The van der Waals surface area contributed by atoms with E-state index in [1.807, 2.05) is 13.0 Å². The number of nitrogens with zero attached hydrogens (tertiary/aromatic N) is 1. The molecule has 1 fully saturated rings. The molecule has 0 spiro atoms. The minimum Gasteiger partial charge on any atom is -0.465 e. The average Bonchev–Trinajstić information content (AvgIpc) is 2.73. The molecular weight excluding hydrogens is 292 g/mol. The van der Waals surface area contributed by atoms with E-state index < -0.39 is 5.97 Å². The first-order valence-corrected chi connectivity index (χ1v) is 8.26. The molecule has 1 aliphatic rings. The van der Waals surface area contributed by atoms with Crippen LogP contribution in [0.1, 0.15) is 41.6 Å². The highest BCUT2D eigenvalue weighted by Gasteiger charge is 2.27. The fourth-order valence-corrected chi connectivity index (χ4v) is 3.25. The average molecular weight is 319 g/mol. The first kappa shape index (κ1) is 17.5. The SMILES string of the molecule is COC(=O)c1cccc(C)c1NC(=O)C[N+]1(C)CCCCCC1. The lowest BCUT2D eigenvalue weighted by molar-refractivity contribution is -0.901. The Bertz CT molecular complexity index is 576. The van der Waals surface area contributed by atoms with Gasteiger partial charge in [0.15, 0.2) is 6.54 Å². The number of aryl methyl sites for hydroxylation is 1. The quantitative estimate of drug-likeness (QED) is 0.686. The zero-order valence-corrected chi connectivity index (χ0v) is 14.4. The van der Waals surface area contributed by atoms with Gasteiger partial charge in [0.25, 0.3) is 5.91 Å². The molecule has 1 heterocycles. The molecular formula is C18H27N2O3+. The summed E-state index contributed by atoms with van der Waals surface area (Å²) in [5.41, 5.74) is 1.82. The maximum Gasteiger partial charge on any atom is 0.339 e. The summed E-state index contributed by atoms with van der Waals surface area (Å²) in [6.07, 6.45) is 4.84. The molecule has 5 heteroatoms. The smallest absolute Gasteiger partial charge is 0.339 e. The molecule has 1 saturated heterocycles. The molecule has 1 N–H and O–H groups in total. The Balaban J connectivity index is 2.12. The van der Waals surface area contributed by atoms with Crippen LogP contribution in [0, 0.1) is 6.92 Å². The highest BCUT2D eigenvalue weighted by Crippen LogP contribution is 2.22. The molecule has 0 atom stereocenters. The predicted molar refractivity (Wildman–Crippen MR) is 90.4 cm³/mol. The Kier molecular flexibility index (Phi) is 5.77. The van der Waals surface area contributed by atoms with Gasteiger partial charge in [0.2, 0.25) is 0 Å². The predicted octanol–water partition coefficient (Wildman–Crippen LogP) is 2.74. The number of ether oxygens (including phenoxy) is 1. The fraction of sp³-hybridized carbons (Fsp3) is 0.556. The van der Waals surface area contributed by atoms with E-state index in [1.165, 1.54) is 32.8 Å². The highest BCUT2D eigenvalue weighted by molar-refractivity contribution is 6.02. The fourth-order valence-electron chi connectivity index (χ4n) is 3.25. The number of hydrogen-bond acceptors (Lipinski definition) is 3. The first-order chi connectivity index (χ1) is 10.9. The van der Waals surface area contributed by atoms with Crippen LogP contribution in [0.5, 0.6) is 0 Å². The Morgan fingerprint density at radius 3 is 2.43 bits per heavy atom. The van der Waals surface area contributed by atoms with Crippen LogP contribution in [0.15, 0.2) is 18.2 Å². The number of likely N-dealkylation sites (tertiary alicyclic amines) is 1. The van der Waals surface area contributed by atoms with Gasteiger partial charge in [-0.3, -0.25) is 4.79 Å². The van der Waals surface area contributed by atoms with Crippen LogP contribution in [-0.4, -0.2) is 50.2 Å². The van der Waals surface area contributed by atoms with Crippen molar-refractivity contribution in [3.05, 3.63) is 29.3 Å². The Labute approximate surface area is 138 Å². The summed E-state index contributed by atoms with van der Waals surface area (Å²) in [6, 6.07) is 5.35. The minimum absolute atomic E-state index is 0.0474. The second-order valence-electron chi connectivity index (χ2n) is 6.68. The zero-order valence-electron chi connectivity index (χ0n) is 14.4. The topological polar surface area (TPSA) is 55.4 Å². The largest absolute Gasteiger partial charge is 0.465 e. The lowest BCUT2D eigenvalue weighted by Crippen LogP contribution is -2.49. The van der Waals surface area contributed by atoms with E-state index in [-0.39, 0.29) is 5.91 Å². The monoisotopic (exact) mass is 319 g/mol. The molecule has 1 amide bonds. The summed E-state index contributed by atoms with van der Waals surface area (Å²) in [5, 5.41) is 2.93. The number of nitrogens with one attached hydrogen (secondary N) is 1. The van der Waals surface area contributed by atoms with Gasteiger partial charge >= 0.3 is 5.97 Å². The number of amides is 1. The van der Waals surface area contributed by atoms with Crippen molar-refractivity contribution in [1.82, 2.24) is 0 Å². The maximum absolute atomic E-state index is 12.5. The summed E-state index contributed by atoms with van der Waals surface area (Å²) >= 11 is 0. The van der Waals surface area contributed by atoms with Gasteiger partial charge in [0, 0.05) is 0 Å². The number of para-hydroxylation sites is 1. The summed E-state index contributed by atoms with van der Waals surface area (Å²) in [6.45, 7) is 4.38. The third kappa shape index (κ3) is 4.55. The van der Waals surface area contributed by atoms with Crippen molar-refractivity contribution in [3.8, 4) is 0 Å². The Hall–Kier alpha value is -1.88. The van der Waals surface area contributed by atoms with Gasteiger partial charge in [-0.05, 0) is 44.2 Å². The van der Waals surface area contributed by atoms with Crippen molar-refractivity contribution in [2.24, 2.45) is 0 Å². The second kappa shape index (κ2) is 7.59. The molecule has 23 heavy (non-hydrogen) atoms. The van der Waals surface area contributed by atoms with Gasteiger partial charge in [-0.2, -0.15) is 0 Å². The van der Waals surface area contributed by atoms with Crippen molar-refractivity contribution in [3.63, 3.8) is 0 Å². The molecule has 0 bridgehead atoms. The number of carbonyl (C=O) groups excluding carboxylic acids is 2. The number of carbonyl (C=O) groups is 2. The molecule has 5 nitrogen and oxygen atoms in total. The lowest BCUT2D eigenvalue weighted by atomic mass is 10.1. The van der Waals surface area contributed by atoms with Gasteiger partial charge in [-0.25, -0.2) is 4.79 Å². The summed E-state index contributed by atoms with van der Waals surface area (Å²) in [5.74, 6) is -0.479. The zero-order chi connectivity index (χ0) is 16.9. The van der Waals surface area contributed by atoms with Crippen molar-refractivity contribution >= 4 is 17.6 Å². The Morgan fingerprint density at radius 2 is 1.83 bits per heavy atom. The van der Waals surface area contributed by atoms with Gasteiger partial charge < -0.3 is 14.5 Å². The summed E-state index contributed by atoms with van der Waals surface area (Å²) in [7, 11) is 3.49. The number of likely N-dealkylation sites (N-methyl/N-ethyl adjacent to an activating group) is 1. The van der Waals surface area contributed by atoms with Crippen LogP contribution in [0.25, 0.3) is 0 Å². The van der Waals surface area contributed by atoms with Gasteiger partial charge in [0.1, 0.15) is 0 Å². The van der Waals surface area contributed by atoms with Crippen LogP contribution >= 0.6 is 0 Å². The number of rotatable bonds is 4. The standard InChI is InChI=1S/C18H26N2O3/c1-14-9-8-10-15(18(22)23-3)17(14)19-16(21)13-20(2)11-6-4-5-7-12-20/h8-10H,4-7,11-13H2,1-3H3/p+1. The third-order valence-corrected chi connectivity index (χ3v) is 4.61.